The Balaban J connectivity index is 3.07. The molecule has 0 aromatic heterocycles. The van der Waals surface area contributed by atoms with Crippen molar-refractivity contribution in [2.24, 2.45) is 0 Å². The Morgan fingerprint density at radius 3 is 2.70 bits per heavy atom. The Labute approximate surface area is 125 Å². The molecule has 0 bridgehead atoms. The Hall–Kier alpha value is -1.38. The van der Waals surface area contributed by atoms with Crippen molar-refractivity contribution in [3.8, 4) is 5.75 Å². The summed E-state index contributed by atoms with van der Waals surface area (Å²) in [6, 6.07) is 2.90. The third kappa shape index (κ3) is 4.06. The van der Waals surface area contributed by atoms with Crippen LogP contribution in [0.3, 0.4) is 0 Å². The summed E-state index contributed by atoms with van der Waals surface area (Å²) < 4.78 is 31.8. The van der Waals surface area contributed by atoms with Gasteiger partial charge >= 0.3 is 5.97 Å². The fourth-order valence-corrected chi connectivity index (χ4v) is 3.36. The van der Waals surface area contributed by atoms with E-state index in [-0.39, 0.29) is 11.3 Å². The molecule has 20 heavy (non-hydrogen) atoms. The molecule has 0 fully saturated rings. The van der Waals surface area contributed by atoms with E-state index in [1.807, 2.05) is 0 Å². The predicted octanol–water partition coefficient (Wildman–Crippen LogP) is 1.77. The number of carboxylic acid groups (broad SMARTS) is 1. The number of carboxylic acids is 1. The van der Waals surface area contributed by atoms with Gasteiger partial charge in [0.05, 0.1) is 16.5 Å². The van der Waals surface area contributed by atoms with E-state index >= 15 is 0 Å². The van der Waals surface area contributed by atoms with Crippen LogP contribution in [0.2, 0.25) is 0 Å². The molecule has 0 heterocycles. The van der Waals surface area contributed by atoms with Crippen LogP contribution in [0, 0.1) is 0 Å². The number of nitrogens with one attached hydrogen (secondary N) is 1. The van der Waals surface area contributed by atoms with Gasteiger partial charge in [0.15, 0.2) is 0 Å². The average Bonchev–Trinajstić information content (AvgIpc) is 2.37. The van der Waals surface area contributed by atoms with Crippen LogP contribution in [-0.2, 0) is 14.8 Å². The van der Waals surface area contributed by atoms with Crippen LogP contribution in [-0.4, -0.2) is 32.6 Å². The molecule has 8 heteroatoms. The molecule has 1 unspecified atom stereocenters. The summed E-state index contributed by atoms with van der Waals surface area (Å²) >= 11 is 3.18. The number of rotatable bonds is 7. The summed E-state index contributed by atoms with van der Waals surface area (Å²) in [6.45, 7) is 3.40. The third-order valence-electron chi connectivity index (χ3n) is 2.43. The van der Waals surface area contributed by atoms with Gasteiger partial charge in [0, 0.05) is 0 Å². The van der Waals surface area contributed by atoms with Gasteiger partial charge in [0.25, 0.3) is 0 Å². The van der Waals surface area contributed by atoms with Gasteiger partial charge < -0.3 is 9.84 Å². The van der Waals surface area contributed by atoms with Crippen molar-refractivity contribution in [2.45, 2.75) is 17.4 Å². The highest BCUT2D eigenvalue weighted by molar-refractivity contribution is 9.10. The summed E-state index contributed by atoms with van der Waals surface area (Å²) in [6.07, 6.45) is 1.33. The van der Waals surface area contributed by atoms with Crippen LogP contribution < -0.4 is 9.46 Å². The lowest BCUT2D eigenvalue weighted by molar-refractivity contribution is -0.138. The van der Waals surface area contributed by atoms with E-state index in [1.165, 1.54) is 31.4 Å². The molecule has 0 spiro atoms. The molecular formula is C12H14BrNO5S. The van der Waals surface area contributed by atoms with Gasteiger partial charge in [-0.1, -0.05) is 6.08 Å². The molecule has 0 aliphatic rings. The molecule has 0 saturated heterocycles. The van der Waals surface area contributed by atoms with Gasteiger partial charge in [-0.2, -0.15) is 4.72 Å². The number of carbonyl (C=O) groups is 1. The number of halogens is 1. The summed E-state index contributed by atoms with van der Waals surface area (Å²) in [7, 11) is -2.48. The number of hydrogen-bond donors (Lipinski definition) is 2. The number of ether oxygens (including phenoxy) is 1. The standard InChI is InChI=1S/C12H14BrNO5S/c1-3-4-10(12(15)16)14-20(17,18)8-5-6-11(19-2)9(13)7-8/h3,5-7,10,14H,1,4H2,2H3,(H,15,16). The molecule has 0 amide bonds. The van der Waals surface area contributed by atoms with Crippen molar-refractivity contribution in [1.29, 1.82) is 0 Å². The lowest BCUT2D eigenvalue weighted by Crippen LogP contribution is -2.40. The molecule has 0 saturated carbocycles. The molecule has 110 valence electrons. The Morgan fingerprint density at radius 2 is 2.25 bits per heavy atom. The molecule has 1 atom stereocenters. The van der Waals surface area contributed by atoms with E-state index in [0.29, 0.717) is 10.2 Å². The van der Waals surface area contributed by atoms with Crippen LogP contribution in [0.5, 0.6) is 5.75 Å². The average molecular weight is 364 g/mol. The maximum atomic E-state index is 12.1. The van der Waals surface area contributed by atoms with Gasteiger partial charge in [0.1, 0.15) is 11.8 Å². The summed E-state index contributed by atoms with van der Waals surface area (Å²) in [5, 5.41) is 8.95. The number of hydrogen-bond acceptors (Lipinski definition) is 4. The summed E-state index contributed by atoms with van der Waals surface area (Å²) in [4.78, 5) is 10.9. The first kappa shape index (κ1) is 16.7. The molecule has 1 rings (SSSR count). The Kier molecular flexibility index (Phi) is 5.73. The second-order valence-corrected chi connectivity index (χ2v) is 6.40. The monoisotopic (exact) mass is 363 g/mol. The normalized spacial score (nSPS) is 12.7. The Bertz CT molecular complexity index is 614. The van der Waals surface area contributed by atoms with E-state index < -0.39 is 22.0 Å². The molecule has 0 aliphatic carbocycles. The van der Waals surface area contributed by atoms with Crippen molar-refractivity contribution in [3.05, 3.63) is 35.3 Å². The number of aliphatic carboxylic acids is 1. The van der Waals surface area contributed by atoms with E-state index in [0.717, 1.165) is 0 Å². The van der Waals surface area contributed by atoms with Crippen molar-refractivity contribution in [3.63, 3.8) is 0 Å². The molecular weight excluding hydrogens is 350 g/mol. The van der Waals surface area contributed by atoms with Crippen LogP contribution in [0.1, 0.15) is 6.42 Å². The smallest absolute Gasteiger partial charge is 0.322 e. The minimum absolute atomic E-state index is 0.00805. The van der Waals surface area contributed by atoms with E-state index in [4.69, 9.17) is 9.84 Å². The van der Waals surface area contributed by atoms with Crippen molar-refractivity contribution >= 4 is 31.9 Å². The molecule has 0 radical (unpaired) electrons. The summed E-state index contributed by atoms with van der Waals surface area (Å²) in [5.41, 5.74) is 0. The van der Waals surface area contributed by atoms with Gasteiger partial charge in [-0.05, 0) is 40.5 Å². The van der Waals surface area contributed by atoms with E-state index in [9.17, 15) is 13.2 Å². The maximum absolute atomic E-state index is 12.1. The highest BCUT2D eigenvalue weighted by atomic mass is 79.9. The molecule has 2 N–H and O–H groups in total. The first-order chi connectivity index (χ1) is 9.31. The van der Waals surface area contributed by atoms with Gasteiger partial charge in [-0.15, -0.1) is 6.58 Å². The highest BCUT2D eigenvalue weighted by Crippen LogP contribution is 2.27. The number of methoxy groups -OCH3 is 1. The number of benzene rings is 1. The summed E-state index contributed by atoms with van der Waals surface area (Å²) in [5.74, 6) is -0.786. The first-order valence-corrected chi connectivity index (χ1v) is 7.79. The lowest BCUT2D eigenvalue weighted by atomic mass is 10.2. The third-order valence-corrected chi connectivity index (χ3v) is 4.52. The molecule has 1 aromatic rings. The fourth-order valence-electron chi connectivity index (χ4n) is 1.44. The van der Waals surface area contributed by atoms with E-state index in [2.05, 4.69) is 27.2 Å². The van der Waals surface area contributed by atoms with Crippen molar-refractivity contribution < 1.29 is 23.1 Å². The quantitative estimate of drug-likeness (QED) is 0.720. The number of sulfonamides is 1. The maximum Gasteiger partial charge on any atom is 0.322 e. The van der Waals surface area contributed by atoms with Crippen LogP contribution >= 0.6 is 15.9 Å². The molecule has 6 nitrogen and oxygen atoms in total. The second kappa shape index (κ2) is 6.87. The molecule has 0 aliphatic heterocycles. The molecule has 1 aromatic carbocycles. The topological polar surface area (TPSA) is 92.7 Å². The van der Waals surface area contributed by atoms with Crippen LogP contribution in [0.15, 0.2) is 40.2 Å². The van der Waals surface area contributed by atoms with Crippen molar-refractivity contribution in [1.82, 2.24) is 4.72 Å². The SMILES string of the molecule is C=CCC(NS(=O)(=O)c1ccc(OC)c(Br)c1)C(=O)O. The predicted molar refractivity (Wildman–Crippen MR) is 77.3 cm³/mol. The second-order valence-electron chi connectivity index (χ2n) is 3.83. The van der Waals surface area contributed by atoms with Gasteiger partial charge in [-0.25, -0.2) is 8.42 Å². The lowest BCUT2D eigenvalue weighted by Gasteiger charge is -2.13. The zero-order valence-corrected chi connectivity index (χ0v) is 13.1. The largest absolute Gasteiger partial charge is 0.496 e. The fraction of sp³-hybridized carbons (Fsp3) is 0.250. The van der Waals surface area contributed by atoms with Crippen molar-refractivity contribution in [2.75, 3.05) is 7.11 Å². The first-order valence-electron chi connectivity index (χ1n) is 5.51. The zero-order chi connectivity index (χ0) is 15.3. The highest BCUT2D eigenvalue weighted by Gasteiger charge is 2.24. The van der Waals surface area contributed by atoms with Crippen LogP contribution in [0.25, 0.3) is 0 Å². The van der Waals surface area contributed by atoms with E-state index in [1.54, 1.807) is 0 Å². The van der Waals surface area contributed by atoms with Crippen LogP contribution in [0.4, 0.5) is 0 Å². The van der Waals surface area contributed by atoms with Gasteiger partial charge in [0.2, 0.25) is 10.0 Å². The minimum atomic E-state index is -3.94. The van der Waals surface area contributed by atoms with Gasteiger partial charge in [-0.3, -0.25) is 4.79 Å². The minimum Gasteiger partial charge on any atom is -0.496 e. The Morgan fingerprint density at radius 1 is 1.60 bits per heavy atom. The zero-order valence-electron chi connectivity index (χ0n) is 10.7.